The molecule has 1 heteroatoms. The largest absolute Gasteiger partial charge is 0.256 e. The minimum Gasteiger partial charge on any atom is -0.256 e. The molecule has 0 spiro atoms. The highest BCUT2D eigenvalue weighted by atomic mass is 14.6. The molecule has 1 nitrogen and oxygen atoms in total. The van der Waals surface area contributed by atoms with Gasteiger partial charge >= 0.3 is 0 Å². The Morgan fingerprint density at radius 1 is 0.645 bits per heavy atom. The maximum absolute atomic E-state index is 4.76. The summed E-state index contributed by atoms with van der Waals surface area (Å²) in [7, 11) is 0. The van der Waals surface area contributed by atoms with Crippen LogP contribution in [0.4, 0.5) is 0 Å². The molecule has 0 atom stereocenters. The van der Waals surface area contributed by atoms with E-state index in [-0.39, 0.29) is 10.8 Å². The molecule has 6 rings (SSSR count). The van der Waals surface area contributed by atoms with Crippen molar-refractivity contribution in [3.05, 3.63) is 126 Å². The van der Waals surface area contributed by atoms with E-state index in [1.54, 1.807) is 0 Å². The molecule has 0 N–H and O–H groups in total. The summed E-state index contributed by atoms with van der Waals surface area (Å²) in [6, 6.07) is 35.5. The molecule has 0 fully saturated rings. The molecule has 150 valence electrons. The molecule has 5 aromatic rings. The van der Waals surface area contributed by atoms with Gasteiger partial charge in [-0.15, -0.1) is 0 Å². The molecular formula is C30H25N. The van der Waals surface area contributed by atoms with Crippen molar-refractivity contribution in [1.82, 2.24) is 4.98 Å². The van der Waals surface area contributed by atoms with Crippen LogP contribution in [-0.4, -0.2) is 4.98 Å². The summed E-state index contributed by atoms with van der Waals surface area (Å²) in [6.45, 7) is 4.79. The molecule has 0 radical (unpaired) electrons. The zero-order chi connectivity index (χ0) is 21.1. The van der Waals surface area contributed by atoms with Crippen LogP contribution in [0.1, 0.15) is 42.5 Å². The predicted molar refractivity (Wildman–Crippen MR) is 130 cm³/mol. The van der Waals surface area contributed by atoms with Crippen LogP contribution < -0.4 is 0 Å². The predicted octanol–water partition coefficient (Wildman–Crippen LogP) is 7.40. The van der Waals surface area contributed by atoms with Crippen molar-refractivity contribution >= 4 is 21.7 Å². The van der Waals surface area contributed by atoms with Gasteiger partial charge in [0.05, 0.1) is 5.52 Å². The molecule has 0 aliphatic heterocycles. The van der Waals surface area contributed by atoms with E-state index in [9.17, 15) is 0 Å². The quantitative estimate of drug-likeness (QED) is 0.282. The summed E-state index contributed by atoms with van der Waals surface area (Å²) in [6.07, 6.45) is 2.95. The van der Waals surface area contributed by atoms with E-state index in [0.717, 1.165) is 11.9 Å². The molecule has 1 aromatic heterocycles. The smallest absolute Gasteiger partial charge is 0.0780 e. The lowest BCUT2D eigenvalue weighted by atomic mass is 9.68. The molecule has 0 unspecified atom stereocenters. The van der Waals surface area contributed by atoms with Crippen LogP contribution in [0.2, 0.25) is 0 Å². The molecule has 4 aromatic carbocycles. The van der Waals surface area contributed by atoms with Gasteiger partial charge in [-0.25, -0.2) is 0 Å². The van der Waals surface area contributed by atoms with Crippen LogP contribution >= 0.6 is 0 Å². The summed E-state index contributed by atoms with van der Waals surface area (Å²) in [5, 5.41) is 3.75. The highest BCUT2D eigenvalue weighted by molar-refractivity contribution is 6.07. The zero-order valence-corrected chi connectivity index (χ0v) is 18.0. The Bertz CT molecular complexity index is 1380. The zero-order valence-electron chi connectivity index (χ0n) is 18.0. The lowest BCUT2D eigenvalue weighted by molar-refractivity contribution is 0.445. The third-order valence-electron chi connectivity index (χ3n) is 7.17. The molecule has 0 amide bonds. The first kappa shape index (κ1) is 18.3. The third-order valence-corrected chi connectivity index (χ3v) is 7.17. The van der Waals surface area contributed by atoms with Crippen LogP contribution in [0.3, 0.4) is 0 Å². The van der Waals surface area contributed by atoms with Gasteiger partial charge in [0.15, 0.2) is 0 Å². The number of nitrogens with zero attached hydrogens (tertiary/aromatic N) is 1. The molecule has 1 aliphatic rings. The standard InChI is InChI=1S/C30H25N/c1-29(2)20-30(22-11-5-3-6-12-22,23-13-7-4-8-14-23)27-24-16-15-21-10-9-19-31-28(21)25(24)17-18-26(27)29/h3-19H,20H2,1-2H3. The van der Waals surface area contributed by atoms with E-state index in [1.807, 2.05) is 12.3 Å². The Hall–Kier alpha value is -3.45. The van der Waals surface area contributed by atoms with Crippen molar-refractivity contribution in [1.29, 1.82) is 0 Å². The summed E-state index contributed by atoms with van der Waals surface area (Å²) in [4.78, 5) is 4.76. The first-order valence-corrected chi connectivity index (χ1v) is 11.0. The van der Waals surface area contributed by atoms with Gasteiger partial charge in [0, 0.05) is 22.4 Å². The molecule has 31 heavy (non-hydrogen) atoms. The molecule has 0 saturated carbocycles. The topological polar surface area (TPSA) is 12.9 Å². The van der Waals surface area contributed by atoms with E-state index >= 15 is 0 Å². The Kier molecular flexibility index (Phi) is 3.86. The number of pyridine rings is 1. The second-order valence-electron chi connectivity index (χ2n) is 9.42. The first-order chi connectivity index (χ1) is 15.1. The summed E-state index contributed by atoms with van der Waals surface area (Å²) < 4.78 is 0. The second-order valence-corrected chi connectivity index (χ2v) is 9.42. The number of benzene rings is 4. The average molecular weight is 400 g/mol. The van der Waals surface area contributed by atoms with Crippen molar-refractivity contribution in [3.8, 4) is 0 Å². The minimum atomic E-state index is -0.191. The van der Waals surface area contributed by atoms with Crippen molar-refractivity contribution in [2.45, 2.75) is 31.1 Å². The summed E-state index contributed by atoms with van der Waals surface area (Å²) in [5.41, 5.74) is 6.58. The van der Waals surface area contributed by atoms with E-state index in [0.29, 0.717) is 0 Å². The third kappa shape index (κ3) is 2.53. The molecule has 1 aliphatic carbocycles. The summed E-state index contributed by atoms with van der Waals surface area (Å²) >= 11 is 0. The highest BCUT2D eigenvalue weighted by Crippen LogP contribution is 2.58. The van der Waals surface area contributed by atoms with Gasteiger partial charge in [0.2, 0.25) is 0 Å². The Balaban J connectivity index is 1.81. The average Bonchev–Trinajstić information content (AvgIpc) is 3.08. The number of aromatic nitrogens is 1. The van der Waals surface area contributed by atoms with Crippen LogP contribution in [0.5, 0.6) is 0 Å². The van der Waals surface area contributed by atoms with E-state index in [2.05, 4.69) is 105 Å². The SMILES string of the molecule is CC1(C)CC(c2ccccc2)(c2ccccc2)c2c1ccc1c2ccc2cccnc21. The van der Waals surface area contributed by atoms with Crippen LogP contribution in [0.15, 0.2) is 103 Å². The van der Waals surface area contributed by atoms with Crippen molar-refractivity contribution in [2.75, 3.05) is 0 Å². The molecule has 0 bridgehead atoms. The maximum atomic E-state index is 4.76. The first-order valence-electron chi connectivity index (χ1n) is 11.0. The molecule has 1 heterocycles. The monoisotopic (exact) mass is 399 g/mol. The summed E-state index contributed by atoms with van der Waals surface area (Å²) in [5.74, 6) is 0. The Morgan fingerprint density at radius 3 is 1.97 bits per heavy atom. The van der Waals surface area contributed by atoms with Crippen molar-refractivity contribution in [3.63, 3.8) is 0 Å². The fraction of sp³-hybridized carbons (Fsp3) is 0.167. The van der Waals surface area contributed by atoms with Gasteiger partial charge in [-0.05, 0) is 45.5 Å². The fourth-order valence-electron chi connectivity index (χ4n) is 5.92. The van der Waals surface area contributed by atoms with E-state index in [4.69, 9.17) is 4.98 Å². The van der Waals surface area contributed by atoms with Gasteiger partial charge in [-0.1, -0.05) is 105 Å². The van der Waals surface area contributed by atoms with Gasteiger partial charge in [-0.2, -0.15) is 0 Å². The molecular weight excluding hydrogens is 374 g/mol. The minimum absolute atomic E-state index is 0.0638. The second kappa shape index (κ2) is 6.52. The number of rotatable bonds is 2. The Labute approximate surface area is 183 Å². The Morgan fingerprint density at radius 2 is 1.29 bits per heavy atom. The lowest BCUT2D eigenvalue weighted by Crippen LogP contribution is -2.29. The van der Waals surface area contributed by atoms with Gasteiger partial charge in [0.25, 0.3) is 0 Å². The van der Waals surface area contributed by atoms with Gasteiger partial charge in [0.1, 0.15) is 0 Å². The van der Waals surface area contributed by atoms with Crippen LogP contribution in [-0.2, 0) is 10.8 Å². The number of fused-ring (bicyclic) bond motifs is 5. The van der Waals surface area contributed by atoms with Crippen LogP contribution in [0, 0.1) is 0 Å². The van der Waals surface area contributed by atoms with Gasteiger partial charge in [-0.3, -0.25) is 4.98 Å². The van der Waals surface area contributed by atoms with Crippen molar-refractivity contribution in [2.24, 2.45) is 0 Å². The highest BCUT2D eigenvalue weighted by Gasteiger charge is 2.50. The maximum Gasteiger partial charge on any atom is 0.0780 e. The van der Waals surface area contributed by atoms with E-state index in [1.165, 1.54) is 38.4 Å². The van der Waals surface area contributed by atoms with Gasteiger partial charge < -0.3 is 0 Å². The number of hydrogen-bond donors (Lipinski definition) is 0. The molecule has 0 saturated heterocycles. The lowest BCUT2D eigenvalue weighted by Gasteiger charge is -2.34. The normalized spacial score (nSPS) is 16.5. The van der Waals surface area contributed by atoms with Crippen LogP contribution in [0.25, 0.3) is 21.7 Å². The number of hydrogen-bond acceptors (Lipinski definition) is 1. The van der Waals surface area contributed by atoms with E-state index < -0.39 is 0 Å². The van der Waals surface area contributed by atoms with Crippen molar-refractivity contribution < 1.29 is 0 Å². The fourth-order valence-corrected chi connectivity index (χ4v) is 5.92.